The minimum Gasteiger partial charge on any atom is -0.508 e. The van der Waals surface area contributed by atoms with E-state index in [1.54, 1.807) is 47.4 Å². The number of aromatic hydroxyl groups is 1. The van der Waals surface area contributed by atoms with Crippen molar-refractivity contribution in [1.29, 1.82) is 0 Å². The largest absolute Gasteiger partial charge is 0.508 e. The van der Waals surface area contributed by atoms with Crippen LogP contribution in [0, 0.1) is 17.8 Å². The van der Waals surface area contributed by atoms with Crippen molar-refractivity contribution < 1.29 is 14.6 Å². The molecule has 0 spiro atoms. The number of nitrogens with zero attached hydrogens (tertiary/aromatic N) is 1. The highest BCUT2D eigenvalue weighted by Crippen LogP contribution is 2.22. The highest BCUT2D eigenvalue weighted by atomic mass is 35.5. The fraction of sp³-hybridized carbons (Fsp3) is 0.211. The van der Waals surface area contributed by atoms with Crippen molar-refractivity contribution in [3.05, 3.63) is 58.1 Å². The highest BCUT2D eigenvalue weighted by molar-refractivity contribution is 6.42. The van der Waals surface area contributed by atoms with Crippen molar-refractivity contribution in [2.24, 2.45) is 5.92 Å². The van der Waals surface area contributed by atoms with Crippen LogP contribution in [0.2, 0.25) is 10.0 Å². The molecule has 128 valence electrons. The van der Waals surface area contributed by atoms with Gasteiger partial charge in [0.2, 0.25) is 0 Å². The topological polar surface area (TPSA) is 49.8 Å². The van der Waals surface area contributed by atoms with Gasteiger partial charge in [-0.2, -0.15) is 0 Å². The number of likely N-dealkylation sites (tertiary alicyclic amines) is 1. The third kappa shape index (κ3) is 4.60. The molecule has 4 nitrogen and oxygen atoms in total. The number of benzene rings is 2. The van der Waals surface area contributed by atoms with E-state index in [2.05, 4.69) is 11.8 Å². The lowest BCUT2D eigenvalue weighted by atomic mass is 10.0. The quantitative estimate of drug-likeness (QED) is 0.833. The molecule has 1 heterocycles. The molecular weight excluding hydrogens is 361 g/mol. The molecule has 0 aliphatic carbocycles. The molecule has 6 heteroatoms. The zero-order valence-corrected chi connectivity index (χ0v) is 14.7. The van der Waals surface area contributed by atoms with Gasteiger partial charge in [0.05, 0.1) is 16.7 Å². The summed E-state index contributed by atoms with van der Waals surface area (Å²) in [5.74, 6) is 6.38. The number of amides is 1. The minimum absolute atomic E-state index is 0.202. The Balaban J connectivity index is 1.46. The molecule has 2 aromatic carbocycles. The van der Waals surface area contributed by atoms with Gasteiger partial charge < -0.3 is 14.7 Å². The first kappa shape index (κ1) is 17.5. The smallest absolute Gasteiger partial charge is 0.298 e. The van der Waals surface area contributed by atoms with E-state index < -0.39 is 0 Å². The molecule has 2 aromatic rings. The molecule has 0 atom stereocenters. The molecule has 0 aromatic heterocycles. The summed E-state index contributed by atoms with van der Waals surface area (Å²) >= 11 is 11.8. The van der Waals surface area contributed by atoms with Crippen LogP contribution in [0.1, 0.15) is 5.56 Å². The van der Waals surface area contributed by atoms with Crippen LogP contribution in [0.4, 0.5) is 0 Å². The molecule has 25 heavy (non-hydrogen) atoms. The molecule has 0 saturated carbocycles. The zero-order chi connectivity index (χ0) is 17.8. The van der Waals surface area contributed by atoms with Crippen molar-refractivity contribution in [2.75, 3.05) is 19.7 Å². The molecule has 0 bridgehead atoms. The Morgan fingerprint density at radius 2 is 1.88 bits per heavy atom. The van der Waals surface area contributed by atoms with Crippen molar-refractivity contribution >= 4 is 29.1 Å². The van der Waals surface area contributed by atoms with E-state index in [1.165, 1.54) is 0 Å². The highest BCUT2D eigenvalue weighted by Gasteiger charge is 2.30. The van der Waals surface area contributed by atoms with E-state index in [9.17, 15) is 9.90 Å². The second kappa shape index (κ2) is 7.69. The first-order chi connectivity index (χ1) is 12.0. The number of halogens is 2. The molecule has 1 aliphatic heterocycles. The molecule has 0 unspecified atom stereocenters. The van der Waals surface area contributed by atoms with Gasteiger partial charge in [0.25, 0.3) is 5.91 Å². The molecular formula is C19H15Cl2NO3. The van der Waals surface area contributed by atoms with E-state index in [0.29, 0.717) is 41.1 Å². The summed E-state index contributed by atoms with van der Waals surface area (Å²) < 4.78 is 5.63. The first-order valence-electron chi connectivity index (χ1n) is 7.69. The Bertz CT molecular complexity index is 834. The number of phenolic OH excluding ortho intramolecular Hbond substituents is 1. The first-order valence-corrected chi connectivity index (χ1v) is 8.44. The predicted octanol–water partition coefficient (Wildman–Crippen LogP) is 3.59. The van der Waals surface area contributed by atoms with Crippen LogP contribution in [-0.2, 0) is 4.79 Å². The van der Waals surface area contributed by atoms with Crippen molar-refractivity contribution in [2.45, 2.75) is 0 Å². The number of hydrogen-bond donors (Lipinski definition) is 1. The van der Waals surface area contributed by atoms with Crippen LogP contribution >= 0.6 is 23.2 Å². The van der Waals surface area contributed by atoms with Gasteiger partial charge in [-0.3, -0.25) is 4.79 Å². The number of ether oxygens (including phenoxy) is 1. The van der Waals surface area contributed by atoms with Gasteiger partial charge in [-0.1, -0.05) is 29.1 Å². The van der Waals surface area contributed by atoms with Crippen molar-refractivity contribution in [3.63, 3.8) is 0 Å². The van der Waals surface area contributed by atoms with Gasteiger partial charge in [-0.25, -0.2) is 0 Å². The molecule has 1 N–H and O–H groups in total. The number of phenols is 1. The van der Waals surface area contributed by atoms with Crippen LogP contribution in [0.5, 0.6) is 11.5 Å². The lowest BCUT2D eigenvalue weighted by Crippen LogP contribution is -2.51. The molecule has 3 rings (SSSR count). The summed E-state index contributed by atoms with van der Waals surface area (Å²) in [7, 11) is 0. The summed E-state index contributed by atoms with van der Waals surface area (Å²) in [5.41, 5.74) is 0.649. The third-order valence-corrected chi connectivity index (χ3v) is 4.54. The summed E-state index contributed by atoms with van der Waals surface area (Å²) in [5, 5.41) is 10.1. The average Bonchev–Trinajstić information content (AvgIpc) is 2.56. The second-order valence-electron chi connectivity index (χ2n) is 5.76. The summed E-state index contributed by atoms with van der Waals surface area (Å²) in [6.45, 7) is 1.76. The van der Waals surface area contributed by atoms with Crippen LogP contribution in [0.15, 0.2) is 42.5 Å². The Morgan fingerprint density at radius 3 is 2.56 bits per heavy atom. The zero-order valence-electron chi connectivity index (χ0n) is 13.2. The van der Waals surface area contributed by atoms with Crippen LogP contribution in [0.25, 0.3) is 0 Å². The molecule has 1 amide bonds. The second-order valence-corrected chi connectivity index (χ2v) is 6.57. The number of hydrogen-bond acceptors (Lipinski definition) is 3. The maximum atomic E-state index is 12.0. The monoisotopic (exact) mass is 375 g/mol. The maximum absolute atomic E-state index is 12.0. The number of carbonyl (C=O) groups excluding carboxylic acids is 1. The lowest BCUT2D eigenvalue weighted by molar-refractivity contribution is -0.131. The van der Waals surface area contributed by atoms with Gasteiger partial charge in [0.1, 0.15) is 11.5 Å². The third-order valence-electron chi connectivity index (χ3n) is 3.80. The Kier molecular flexibility index (Phi) is 5.37. The Morgan fingerprint density at radius 1 is 1.16 bits per heavy atom. The Hall–Kier alpha value is -2.35. The minimum atomic E-state index is -0.216. The van der Waals surface area contributed by atoms with Gasteiger partial charge in [0.15, 0.2) is 0 Å². The lowest BCUT2D eigenvalue weighted by Gasteiger charge is -2.37. The predicted molar refractivity (Wildman–Crippen MR) is 97.0 cm³/mol. The summed E-state index contributed by atoms with van der Waals surface area (Å²) in [6, 6.07) is 11.6. The van der Waals surface area contributed by atoms with Gasteiger partial charge >= 0.3 is 0 Å². The number of carbonyl (C=O) groups is 1. The SMILES string of the molecule is O=C(C#Cc1ccc(Cl)c(Cl)c1)N1CC(COc2ccc(O)cc2)C1. The van der Waals surface area contributed by atoms with Crippen molar-refractivity contribution in [3.8, 4) is 23.3 Å². The van der Waals surface area contributed by atoms with E-state index in [-0.39, 0.29) is 17.6 Å². The maximum Gasteiger partial charge on any atom is 0.298 e. The van der Waals surface area contributed by atoms with E-state index >= 15 is 0 Å². The molecule has 0 radical (unpaired) electrons. The fourth-order valence-corrected chi connectivity index (χ4v) is 2.67. The average molecular weight is 376 g/mol. The van der Waals surface area contributed by atoms with Gasteiger partial charge in [-0.05, 0) is 42.5 Å². The van der Waals surface area contributed by atoms with Crippen molar-refractivity contribution in [1.82, 2.24) is 4.90 Å². The molecule has 1 aliphatic rings. The standard InChI is InChI=1S/C19H15Cl2NO3/c20-17-7-1-13(9-18(17)21)2-8-19(24)22-10-14(11-22)12-25-16-5-3-15(23)4-6-16/h1,3-7,9,14,23H,10-12H2. The normalized spacial score (nSPS) is 13.6. The Labute approximate surface area is 155 Å². The van der Waals surface area contributed by atoms with Crippen LogP contribution < -0.4 is 4.74 Å². The van der Waals surface area contributed by atoms with E-state index in [4.69, 9.17) is 27.9 Å². The van der Waals surface area contributed by atoms with Crippen LogP contribution in [0.3, 0.4) is 0 Å². The van der Waals surface area contributed by atoms with E-state index in [1.807, 2.05) is 0 Å². The van der Waals surface area contributed by atoms with Gasteiger partial charge in [0, 0.05) is 30.5 Å². The fourth-order valence-electron chi connectivity index (χ4n) is 2.38. The van der Waals surface area contributed by atoms with E-state index in [0.717, 1.165) is 0 Å². The summed E-state index contributed by atoms with van der Waals surface area (Å²) in [4.78, 5) is 13.7. The number of rotatable bonds is 3. The van der Waals surface area contributed by atoms with Crippen LogP contribution in [-0.4, -0.2) is 35.6 Å². The molecule has 1 fully saturated rings. The molecule has 1 saturated heterocycles. The summed E-state index contributed by atoms with van der Waals surface area (Å²) in [6.07, 6.45) is 0. The van der Waals surface area contributed by atoms with Gasteiger partial charge in [-0.15, -0.1) is 0 Å².